The van der Waals surface area contributed by atoms with Crippen LogP contribution in [0.25, 0.3) is 10.8 Å². The Bertz CT molecular complexity index is 1610. The molecule has 4 aromatic rings. The third kappa shape index (κ3) is 4.35. The molecular weight excluding hydrogens is 538 g/mol. The largest absolute Gasteiger partial charge is 0.494 e. The molecule has 1 fully saturated rings. The Morgan fingerprint density at radius 2 is 1.69 bits per heavy atom. The molecule has 4 aromatic carbocycles. The molecule has 1 aliphatic carbocycles. The smallest absolute Gasteiger partial charge is 0.282 e. The van der Waals surface area contributed by atoms with E-state index in [4.69, 9.17) is 16.3 Å². The van der Waals surface area contributed by atoms with E-state index < -0.39 is 10.3 Å². The minimum atomic E-state index is -0.426. The number of rotatable bonds is 6. The van der Waals surface area contributed by atoms with Gasteiger partial charge in [-0.1, -0.05) is 54.6 Å². The third-order valence-corrected chi connectivity index (χ3v) is 9.91. The summed E-state index contributed by atoms with van der Waals surface area (Å²) in [4.78, 5) is 23.2. The fraction of sp³-hybridized carbons (Fsp3) is 0.241. The first kappa shape index (κ1) is 25.5. The molecule has 0 unspecified atom stereocenters. The van der Waals surface area contributed by atoms with Crippen LogP contribution in [0.4, 0.5) is 17.1 Å². The summed E-state index contributed by atoms with van der Waals surface area (Å²) in [5.74, 6) is 0.139. The number of hydrogen-bond acceptors (Lipinski definition) is 7. The van der Waals surface area contributed by atoms with Gasteiger partial charge in [-0.25, -0.2) is 0 Å². The molecule has 0 spiro atoms. The molecule has 5 atom stereocenters. The van der Waals surface area contributed by atoms with Gasteiger partial charge in [0.25, 0.3) is 11.4 Å². The van der Waals surface area contributed by atoms with Gasteiger partial charge in [-0.2, -0.15) is 0 Å². The SMILES string of the molecule is COc1cc([N+](=O)[O-])cc2c1N[C@H](c1cccc3ccccc13)[C@@H]1C[C@H](Sc3ccccc3[N+](=O)[O-])[C@@H](Cl)[C@@H]21. The molecule has 1 aliphatic heterocycles. The van der Waals surface area contributed by atoms with Gasteiger partial charge in [0.1, 0.15) is 5.75 Å². The number of benzene rings is 4. The van der Waals surface area contributed by atoms with Gasteiger partial charge >= 0.3 is 0 Å². The van der Waals surface area contributed by atoms with E-state index in [1.165, 1.54) is 31.0 Å². The highest BCUT2D eigenvalue weighted by atomic mass is 35.5. The number of nitro benzene ring substituents is 2. The highest BCUT2D eigenvalue weighted by Gasteiger charge is 2.51. The number of nitrogens with one attached hydrogen (secondary N) is 1. The minimum Gasteiger partial charge on any atom is -0.494 e. The van der Waals surface area contributed by atoms with E-state index in [0.717, 1.165) is 21.9 Å². The third-order valence-electron chi connectivity index (χ3n) is 7.80. The molecule has 6 rings (SSSR count). The van der Waals surface area contributed by atoms with Crippen molar-refractivity contribution in [2.24, 2.45) is 5.92 Å². The number of hydrogen-bond donors (Lipinski definition) is 1. The van der Waals surface area contributed by atoms with Gasteiger partial charge in [0.05, 0.1) is 45.0 Å². The molecular formula is C29H24ClN3O5S. The van der Waals surface area contributed by atoms with Crippen molar-refractivity contribution in [2.75, 3.05) is 12.4 Å². The predicted octanol–water partition coefficient (Wildman–Crippen LogP) is 7.70. The maximum Gasteiger partial charge on any atom is 0.282 e. The highest BCUT2D eigenvalue weighted by Crippen LogP contribution is 2.60. The zero-order chi connectivity index (χ0) is 27.3. The second-order valence-corrected chi connectivity index (χ2v) is 11.6. The minimum absolute atomic E-state index is 0.0159. The van der Waals surface area contributed by atoms with Crippen LogP contribution < -0.4 is 10.1 Å². The lowest BCUT2D eigenvalue weighted by atomic mass is 9.76. The van der Waals surface area contributed by atoms with E-state index in [1.54, 1.807) is 24.3 Å². The van der Waals surface area contributed by atoms with Gasteiger partial charge in [0.15, 0.2) is 0 Å². The zero-order valence-corrected chi connectivity index (χ0v) is 22.4. The lowest BCUT2D eigenvalue weighted by molar-refractivity contribution is -0.387. The summed E-state index contributed by atoms with van der Waals surface area (Å²) in [5.41, 5.74) is 2.53. The molecule has 10 heteroatoms. The van der Waals surface area contributed by atoms with Crippen LogP contribution in [0.5, 0.6) is 5.75 Å². The molecule has 0 radical (unpaired) electrons. The van der Waals surface area contributed by atoms with Crippen molar-refractivity contribution in [3.8, 4) is 5.75 Å². The maximum absolute atomic E-state index is 11.8. The Kier molecular flexibility index (Phi) is 6.56. The van der Waals surface area contributed by atoms with Crippen LogP contribution in [0.2, 0.25) is 0 Å². The number of nitrogens with zero attached hydrogens (tertiary/aromatic N) is 2. The van der Waals surface area contributed by atoms with Crippen molar-refractivity contribution >= 4 is 51.2 Å². The number of halogens is 1. The maximum atomic E-state index is 11.8. The normalized spacial score (nSPS) is 23.5. The van der Waals surface area contributed by atoms with Crippen LogP contribution >= 0.6 is 23.4 Å². The molecule has 39 heavy (non-hydrogen) atoms. The molecule has 198 valence electrons. The van der Waals surface area contributed by atoms with Crippen molar-refractivity contribution in [2.45, 2.75) is 33.9 Å². The van der Waals surface area contributed by atoms with E-state index in [1.807, 2.05) is 18.2 Å². The number of anilines is 1. The lowest BCUT2D eigenvalue weighted by Gasteiger charge is -2.39. The van der Waals surface area contributed by atoms with E-state index in [-0.39, 0.29) is 39.4 Å². The Morgan fingerprint density at radius 3 is 2.46 bits per heavy atom. The van der Waals surface area contributed by atoms with Gasteiger partial charge in [0.2, 0.25) is 0 Å². The molecule has 2 aliphatic rings. The van der Waals surface area contributed by atoms with Gasteiger partial charge in [-0.15, -0.1) is 23.4 Å². The fourth-order valence-electron chi connectivity index (χ4n) is 6.14. The number of fused-ring (bicyclic) bond motifs is 4. The van der Waals surface area contributed by atoms with Crippen LogP contribution in [0.1, 0.15) is 29.5 Å². The first-order valence-corrected chi connectivity index (χ1v) is 13.8. The van der Waals surface area contributed by atoms with Gasteiger partial charge < -0.3 is 10.1 Å². The van der Waals surface area contributed by atoms with Crippen LogP contribution in [0.3, 0.4) is 0 Å². The van der Waals surface area contributed by atoms with Crippen molar-refractivity contribution < 1.29 is 14.6 Å². The molecule has 1 N–H and O–H groups in total. The van der Waals surface area contributed by atoms with Gasteiger partial charge in [-0.3, -0.25) is 20.2 Å². The number of ether oxygens (including phenoxy) is 1. The summed E-state index contributed by atoms with van der Waals surface area (Å²) in [5, 5.41) is 28.8. The molecule has 1 saturated carbocycles. The van der Waals surface area contributed by atoms with Gasteiger partial charge in [0, 0.05) is 23.3 Å². The summed E-state index contributed by atoms with van der Waals surface area (Å²) in [6, 6.07) is 23.9. The van der Waals surface area contributed by atoms with Crippen molar-refractivity contribution in [3.63, 3.8) is 0 Å². The number of non-ortho nitro benzene ring substituents is 1. The van der Waals surface area contributed by atoms with Crippen LogP contribution in [-0.4, -0.2) is 27.6 Å². The number of methoxy groups -OCH3 is 1. The van der Waals surface area contributed by atoms with Crippen molar-refractivity contribution in [1.82, 2.24) is 0 Å². The average molecular weight is 562 g/mol. The van der Waals surface area contributed by atoms with Crippen molar-refractivity contribution in [1.29, 1.82) is 0 Å². The Morgan fingerprint density at radius 1 is 0.949 bits per heavy atom. The second kappa shape index (κ2) is 10.1. The van der Waals surface area contributed by atoms with E-state index in [0.29, 0.717) is 22.8 Å². The summed E-state index contributed by atoms with van der Waals surface area (Å²) in [7, 11) is 1.50. The molecule has 0 aromatic heterocycles. The number of alkyl halides is 1. The molecule has 0 bridgehead atoms. The van der Waals surface area contributed by atoms with Crippen molar-refractivity contribution in [3.05, 3.63) is 110 Å². The fourth-order valence-corrected chi connectivity index (χ4v) is 8.08. The first-order chi connectivity index (χ1) is 18.9. The quantitative estimate of drug-likeness (QED) is 0.146. The first-order valence-electron chi connectivity index (χ1n) is 12.5. The lowest BCUT2D eigenvalue weighted by Crippen LogP contribution is -2.31. The Hall–Kier alpha value is -3.82. The Balaban J connectivity index is 1.50. The zero-order valence-electron chi connectivity index (χ0n) is 20.8. The highest BCUT2D eigenvalue weighted by molar-refractivity contribution is 8.00. The van der Waals surface area contributed by atoms with E-state index in [9.17, 15) is 20.2 Å². The molecule has 0 amide bonds. The topological polar surface area (TPSA) is 108 Å². The van der Waals surface area contributed by atoms with Crippen LogP contribution in [0, 0.1) is 26.1 Å². The second-order valence-electron chi connectivity index (χ2n) is 9.81. The summed E-state index contributed by atoms with van der Waals surface area (Å²) in [6.07, 6.45) is 0.668. The molecule has 0 saturated heterocycles. The monoisotopic (exact) mass is 561 g/mol. The standard InChI is InChI=1S/C29H24ClN3O5S/c1-38-23-14-17(32(34)35)13-20-26-21(15-25(27(26)30)39-24-12-5-4-11-22(24)33(36)37)28(31-29(20)23)19-10-6-8-16-7-2-3-9-18(16)19/h2-14,21,25-28,31H,15H2,1H3/t21-,25+,26+,27-,28-/m1/s1. The van der Waals surface area contributed by atoms with Crippen LogP contribution in [0.15, 0.2) is 83.8 Å². The van der Waals surface area contributed by atoms with Crippen LogP contribution in [-0.2, 0) is 0 Å². The predicted molar refractivity (Wildman–Crippen MR) is 153 cm³/mol. The number of thioether (sulfide) groups is 1. The summed E-state index contributed by atoms with van der Waals surface area (Å²) in [6.45, 7) is 0. The number of nitro groups is 2. The van der Waals surface area contributed by atoms with Gasteiger partial charge in [-0.05, 0) is 40.3 Å². The average Bonchev–Trinajstić information content (AvgIpc) is 3.27. The molecule has 8 nitrogen and oxygen atoms in total. The van der Waals surface area contributed by atoms with E-state index in [2.05, 4.69) is 29.6 Å². The number of para-hydroxylation sites is 1. The summed E-state index contributed by atoms with van der Waals surface area (Å²) >= 11 is 8.64. The molecule has 1 heterocycles. The van der Waals surface area contributed by atoms with E-state index >= 15 is 0 Å². The summed E-state index contributed by atoms with van der Waals surface area (Å²) < 4.78 is 5.63. The Labute approximate surface area is 233 Å².